The second-order valence-electron chi connectivity index (χ2n) is 5.61. The Morgan fingerprint density at radius 2 is 2.12 bits per heavy atom. The lowest BCUT2D eigenvalue weighted by molar-refractivity contribution is -0.113. The number of rotatable bonds is 8. The zero-order valence-corrected chi connectivity index (χ0v) is 16.3. The van der Waals surface area contributed by atoms with E-state index < -0.39 is 0 Å². The van der Waals surface area contributed by atoms with Crippen LogP contribution in [0.4, 0.5) is 5.13 Å². The van der Waals surface area contributed by atoms with Gasteiger partial charge in [-0.2, -0.15) is 0 Å². The van der Waals surface area contributed by atoms with E-state index in [0.717, 1.165) is 16.4 Å². The van der Waals surface area contributed by atoms with Gasteiger partial charge in [0.25, 0.3) is 0 Å². The maximum absolute atomic E-state index is 12.1. The minimum Gasteiger partial charge on any atom is -0.383 e. The molecule has 3 rings (SSSR count). The number of thioether (sulfide) groups is 1. The van der Waals surface area contributed by atoms with Crippen LogP contribution in [0.3, 0.4) is 0 Å². The van der Waals surface area contributed by atoms with Gasteiger partial charge < -0.3 is 14.6 Å². The molecule has 1 aromatic carbocycles. The molecular formula is C18H20N4O2S2. The normalized spacial score (nSPS) is 10.8. The molecule has 1 amide bonds. The molecule has 26 heavy (non-hydrogen) atoms. The summed E-state index contributed by atoms with van der Waals surface area (Å²) in [5, 5.41) is 6.02. The molecular weight excluding hydrogens is 368 g/mol. The van der Waals surface area contributed by atoms with Gasteiger partial charge in [0.2, 0.25) is 5.91 Å². The van der Waals surface area contributed by atoms with E-state index in [4.69, 9.17) is 4.74 Å². The average molecular weight is 389 g/mol. The molecule has 1 N–H and O–H groups in total. The summed E-state index contributed by atoms with van der Waals surface area (Å²) in [7, 11) is 1.68. The SMILES string of the molecule is COCCn1c(-c2ccc(C)cc2)cnc1SCC(=O)Nc1nccs1. The lowest BCUT2D eigenvalue weighted by Crippen LogP contribution is -2.15. The second-order valence-corrected chi connectivity index (χ2v) is 7.45. The number of aromatic nitrogens is 3. The number of imidazole rings is 1. The van der Waals surface area contributed by atoms with E-state index in [-0.39, 0.29) is 11.7 Å². The third kappa shape index (κ3) is 4.72. The monoisotopic (exact) mass is 388 g/mol. The van der Waals surface area contributed by atoms with Crippen molar-refractivity contribution < 1.29 is 9.53 Å². The molecule has 0 saturated heterocycles. The maximum Gasteiger partial charge on any atom is 0.236 e. The standard InChI is InChI=1S/C18H20N4O2S2/c1-13-3-5-14(6-4-13)15-11-20-18(22(15)8-9-24-2)26-12-16(23)21-17-19-7-10-25-17/h3-7,10-11H,8-9,12H2,1-2H3,(H,19,21,23). The minimum absolute atomic E-state index is 0.0943. The topological polar surface area (TPSA) is 69.0 Å². The van der Waals surface area contributed by atoms with Gasteiger partial charge in [-0.05, 0) is 12.5 Å². The van der Waals surface area contributed by atoms with Gasteiger partial charge in [-0.3, -0.25) is 4.79 Å². The van der Waals surface area contributed by atoms with Crippen molar-refractivity contribution in [1.82, 2.24) is 14.5 Å². The number of hydrogen-bond acceptors (Lipinski definition) is 6. The lowest BCUT2D eigenvalue weighted by atomic mass is 10.1. The van der Waals surface area contributed by atoms with E-state index in [0.29, 0.717) is 18.3 Å². The Hall–Kier alpha value is -2.16. The fourth-order valence-corrected chi connectivity index (χ4v) is 3.75. The van der Waals surface area contributed by atoms with Crippen LogP contribution < -0.4 is 5.32 Å². The number of nitrogens with one attached hydrogen (secondary N) is 1. The number of carbonyl (C=O) groups excluding carboxylic acids is 1. The van der Waals surface area contributed by atoms with Crippen LogP contribution in [0, 0.1) is 6.92 Å². The van der Waals surface area contributed by atoms with Crippen LogP contribution in [-0.2, 0) is 16.1 Å². The average Bonchev–Trinajstić information content (AvgIpc) is 3.28. The Morgan fingerprint density at radius 1 is 1.31 bits per heavy atom. The molecule has 0 radical (unpaired) electrons. The number of hydrogen-bond donors (Lipinski definition) is 1. The Morgan fingerprint density at radius 3 is 2.81 bits per heavy atom. The van der Waals surface area contributed by atoms with Crippen molar-refractivity contribution in [3.05, 3.63) is 47.6 Å². The summed E-state index contributed by atoms with van der Waals surface area (Å²) in [6.07, 6.45) is 3.51. The molecule has 0 unspecified atom stereocenters. The summed E-state index contributed by atoms with van der Waals surface area (Å²) in [4.78, 5) is 20.7. The first-order valence-electron chi connectivity index (χ1n) is 8.11. The molecule has 8 heteroatoms. The number of methoxy groups -OCH3 is 1. The number of nitrogens with zero attached hydrogens (tertiary/aromatic N) is 3. The Labute approximate surface area is 160 Å². The van der Waals surface area contributed by atoms with E-state index >= 15 is 0 Å². The van der Waals surface area contributed by atoms with Gasteiger partial charge in [0.1, 0.15) is 0 Å². The van der Waals surface area contributed by atoms with Gasteiger partial charge in [0, 0.05) is 25.2 Å². The minimum atomic E-state index is -0.0943. The molecule has 0 saturated carbocycles. The highest BCUT2D eigenvalue weighted by Crippen LogP contribution is 2.26. The molecule has 136 valence electrons. The fraction of sp³-hybridized carbons (Fsp3) is 0.278. The van der Waals surface area contributed by atoms with Crippen LogP contribution in [0.15, 0.2) is 47.2 Å². The zero-order chi connectivity index (χ0) is 18.4. The van der Waals surface area contributed by atoms with Crippen LogP contribution in [0.2, 0.25) is 0 Å². The number of benzene rings is 1. The smallest absolute Gasteiger partial charge is 0.236 e. The van der Waals surface area contributed by atoms with Crippen LogP contribution in [-0.4, -0.2) is 39.9 Å². The number of anilines is 1. The lowest BCUT2D eigenvalue weighted by Gasteiger charge is -2.11. The van der Waals surface area contributed by atoms with Gasteiger partial charge in [-0.1, -0.05) is 41.6 Å². The predicted octanol–water partition coefficient (Wildman–Crippen LogP) is 3.69. The number of amides is 1. The number of ether oxygens (including phenoxy) is 1. The summed E-state index contributed by atoms with van der Waals surface area (Å²) in [6.45, 7) is 3.32. The first-order chi connectivity index (χ1) is 12.7. The summed E-state index contributed by atoms with van der Waals surface area (Å²) in [5.74, 6) is 0.180. The van der Waals surface area contributed by atoms with Crippen molar-refractivity contribution in [2.24, 2.45) is 0 Å². The molecule has 0 spiro atoms. The van der Waals surface area contributed by atoms with Crippen molar-refractivity contribution in [2.45, 2.75) is 18.6 Å². The molecule has 0 aliphatic carbocycles. The van der Waals surface area contributed by atoms with Crippen molar-refractivity contribution in [2.75, 3.05) is 24.8 Å². The summed E-state index contributed by atoms with van der Waals surface area (Å²) >= 11 is 2.81. The molecule has 2 aromatic heterocycles. The summed E-state index contributed by atoms with van der Waals surface area (Å²) < 4.78 is 7.32. The van der Waals surface area contributed by atoms with Crippen LogP contribution >= 0.6 is 23.1 Å². The van der Waals surface area contributed by atoms with Gasteiger partial charge in [0.05, 0.1) is 24.3 Å². The Bertz CT molecular complexity index is 845. The highest BCUT2D eigenvalue weighted by molar-refractivity contribution is 7.99. The molecule has 0 aliphatic rings. The van der Waals surface area contributed by atoms with Gasteiger partial charge in [-0.25, -0.2) is 9.97 Å². The van der Waals surface area contributed by atoms with Gasteiger partial charge in [-0.15, -0.1) is 11.3 Å². The van der Waals surface area contributed by atoms with E-state index in [2.05, 4.69) is 51.0 Å². The molecule has 2 heterocycles. The van der Waals surface area contributed by atoms with E-state index in [1.165, 1.54) is 28.7 Å². The van der Waals surface area contributed by atoms with E-state index in [1.807, 2.05) is 11.6 Å². The summed E-state index contributed by atoms with van der Waals surface area (Å²) in [5.41, 5.74) is 3.33. The molecule has 0 aliphatic heterocycles. The van der Waals surface area contributed by atoms with E-state index in [1.54, 1.807) is 13.3 Å². The van der Waals surface area contributed by atoms with Crippen molar-refractivity contribution in [1.29, 1.82) is 0 Å². The first-order valence-corrected chi connectivity index (χ1v) is 9.97. The summed E-state index contributed by atoms with van der Waals surface area (Å²) in [6, 6.07) is 8.33. The molecule has 3 aromatic rings. The van der Waals surface area contributed by atoms with Gasteiger partial charge >= 0.3 is 0 Å². The number of thiazole rings is 1. The first kappa shape index (κ1) is 18.6. The largest absolute Gasteiger partial charge is 0.383 e. The second kappa shape index (κ2) is 8.98. The zero-order valence-electron chi connectivity index (χ0n) is 14.6. The molecule has 0 fully saturated rings. The van der Waals surface area contributed by atoms with Crippen molar-refractivity contribution in [3.8, 4) is 11.3 Å². The Balaban J connectivity index is 1.73. The predicted molar refractivity (Wildman–Crippen MR) is 106 cm³/mol. The molecule has 6 nitrogen and oxygen atoms in total. The maximum atomic E-state index is 12.1. The third-order valence-corrected chi connectivity index (χ3v) is 5.38. The van der Waals surface area contributed by atoms with Crippen molar-refractivity contribution >= 4 is 34.1 Å². The fourth-order valence-electron chi connectivity index (χ4n) is 2.40. The van der Waals surface area contributed by atoms with E-state index in [9.17, 15) is 4.79 Å². The number of carbonyl (C=O) groups is 1. The van der Waals surface area contributed by atoms with Crippen LogP contribution in [0.5, 0.6) is 0 Å². The van der Waals surface area contributed by atoms with Crippen LogP contribution in [0.1, 0.15) is 5.56 Å². The highest BCUT2D eigenvalue weighted by atomic mass is 32.2. The van der Waals surface area contributed by atoms with Crippen LogP contribution in [0.25, 0.3) is 11.3 Å². The Kier molecular flexibility index (Phi) is 6.43. The molecule has 0 bridgehead atoms. The number of aryl methyl sites for hydroxylation is 1. The molecule has 0 atom stereocenters. The highest BCUT2D eigenvalue weighted by Gasteiger charge is 2.14. The quantitative estimate of drug-likeness (QED) is 0.596. The third-order valence-electron chi connectivity index (χ3n) is 3.70. The van der Waals surface area contributed by atoms with Gasteiger partial charge in [0.15, 0.2) is 10.3 Å². The van der Waals surface area contributed by atoms with Crippen molar-refractivity contribution in [3.63, 3.8) is 0 Å².